The Bertz CT molecular complexity index is 169. The number of hydrogen-bond acceptors (Lipinski definition) is 2. The van der Waals surface area contributed by atoms with Gasteiger partial charge < -0.3 is 9.47 Å². The summed E-state index contributed by atoms with van der Waals surface area (Å²) in [6, 6.07) is 0. The number of allylic oxidation sites excluding steroid dienone is 1. The van der Waals surface area contributed by atoms with E-state index in [4.69, 9.17) is 9.47 Å². The van der Waals surface area contributed by atoms with E-state index in [0.29, 0.717) is 6.61 Å². The molecular weight excluding hydrogens is 188 g/mol. The summed E-state index contributed by atoms with van der Waals surface area (Å²) in [4.78, 5) is 0. The van der Waals surface area contributed by atoms with Crippen molar-refractivity contribution in [2.24, 2.45) is 0 Å². The molecule has 0 aromatic carbocycles. The van der Waals surface area contributed by atoms with Crippen molar-refractivity contribution in [3.05, 3.63) is 11.3 Å². The molecule has 0 aromatic heterocycles. The van der Waals surface area contributed by atoms with E-state index in [0.717, 1.165) is 31.8 Å². The molecule has 0 aliphatic heterocycles. The van der Waals surface area contributed by atoms with Gasteiger partial charge in [0.1, 0.15) is 12.4 Å². The minimum Gasteiger partial charge on any atom is -0.496 e. The molecule has 0 saturated heterocycles. The lowest BCUT2D eigenvalue weighted by Gasteiger charge is -2.12. The second-order valence-electron chi connectivity index (χ2n) is 4.03. The summed E-state index contributed by atoms with van der Waals surface area (Å²) < 4.78 is 11.2. The third kappa shape index (κ3) is 8.49. The number of rotatable bonds is 9. The van der Waals surface area contributed by atoms with Gasteiger partial charge in [-0.3, -0.25) is 0 Å². The van der Waals surface area contributed by atoms with Gasteiger partial charge in [-0.1, -0.05) is 26.7 Å². The van der Waals surface area contributed by atoms with Gasteiger partial charge >= 0.3 is 0 Å². The van der Waals surface area contributed by atoms with Crippen LogP contribution in [0.15, 0.2) is 11.3 Å². The zero-order valence-corrected chi connectivity index (χ0v) is 10.8. The van der Waals surface area contributed by atoms with Crippen LogP contribution in [-0.2, 0) is 9.47 Å². The highest BCUT2D eigenvalue weighted by Crippen LogP contribution is 2.07. The van der Waals surface area contributed by atoms with Crippen molar-refractivity contribution in [3.8, 4) is 0 Å². The third-order valence-electron chi connectivity index (χ3n) is 2.21. The molecule has 0 N–H and O–H groups in total. The van der Waals surface area contributed by atoms with Crippen molar-refractivity contribution in [1.29, 1.82) is 0 Å². The largest absolute Gasteiger partial charge is 0.496 e. The number of unbranched alkanes of at least 4 members (excludes halogenated alkanes) is 2. The molecular formula is C13H26O2. The molecule has 0 unspecified atom stereocenters. The monoisotopic (exact) mass is 214 g/mol. The number of ether oxygens (including phenoxy) is 2. The Balaban J connectivity index is 3.71. The van der Waals surface area contributed by atoms with Gasteiger partial charge in [-0.05, 0) is 32.3 Å². The van der Waals surface area contributed by atoms with Crippen molar-refractivity contribution in [3.63, 3.8) is 0 Å². The molecule has 0 amide bonds. The lowest BCUT2D eigenvalue weighted by Crippen LogP contribution is -2.06. The maximum absolute atomic E-state index is 5.68. The summed E-state index contributed by atoms with van der Waals surface area (Å²) in [6.07, 6.45) is 4.60. The van der Waals surface area contributed by atoms with Gasteiger partial charge in [-0.2, -0.15) is 0 Å². The fourth-order valence-corrected chi connectivity index (χ4v) is 1.08. The van der Waals surface area contributed by atoms with Gasteiger partial charge in [0, 0.05) is 6.61 Å². The van der Waals surface area contributed by atoms with Crippen LogP contribution in [0.25, 0.3) is 0 Å². The van der Waals surface area contributed by atoms with Crippen molar-refractivity contribution in [2.45, 2.75) is 53.4 Å². The highest BCUT2D eigenvalue weighted by molar-refractivity contribution is 5.02. The lowest BCUT2D eigenvalue weighted by molar-refractivity contribution is 0.0928. The first-order chi connectivity index (χ1) is 7.22. The van der Waals surface area contributed by atoms with Crippen LogP contribution in [0, 0.1) is 0 Å². The van der Waals surface area contributed by atoms with Crippen molar-refractivity contribution >= 4 is 0 Å². The second-order valence-corrected chi connectivity index (χ2v) is 4.03. The van der Waals surface area contributed by atoms with E-state index in [1.54, 1.807) is 0 Å². The molecule has 15 heavy (non-hydrogen) atoms. The summed E-state index contributed by atoms with van der Waals surface area (Å²) >= 11 is 0. The summed E-state index contributed by atoms with van der Waals surface area (Å²) in [5, 5.41) is 0. The zero-order chi connectivity index (χ0) is 11.5. The molecule has 0 saturated carbocycles. The van der Waals surface area contributed by atoms with Crippen molar-refractivity contribution in [2.75, 3.05) is 19.8 Å². The Labute approximate surface area is 94.7 Å². The molecule has 0 aromatic rings. The van der Waals surface area contributed by atoms with Gasteiger partial charge in [0.25, 0.3) is 0 Å². The highest BCUT2D eigenvalue weighted by atomic mass is 16.5. The van der Waals surface area contributed by atoms with Crippen LogP contribution in [0.2, 0.25) is 0 Å². The molecule has 0 heterocycles. The Hall–Kier alpha value is -0.500. The van der Waals surface area contributed by atoms with Gasteiger partial charge in [0.15, 0.2) is 0 Å². The molecule has 0 rings (SSSR count). The first-order valence-electron chi connectivity index (χ1n) is 6.09. The minimum atomic E-state index is 0.631. The lowest BCUT2D eigenvalue weighted by atomic mass is 10.3. The van der Waals surface area contributed by atoms with E-state index in [1.165, 1.54) is 18.4 Å². The van der Waals surface area contributed by atoms with Gasteiger partial charge in [-0.25, -0.2) is 0 Å². The van der Waals surface area contributed by atoms with Crippen LogP contribution in [0.1, 0.15) is 53.4 Å². The number of hydrogen-bond donors (Lipinski definition) is 0. The molecule has 0 radical (unpaired) electrons. The van der Waals surface area contributed by atoms with E-state index >= 15 is 0 Å². The van der Waals surface area contributed by atoms with Crippen LogP contribution < -0.4 is 0 Å². The molecule has 90 valence electrons. The van der Waals surface area contributed by atoms with Gasteiger partial charge in [0.2, 0.25) is 0 Å². The third-order valence-corrected chi connectivity index (χ3v) is 2.21. The molecule has 0 fully saturated rings. The molecule has 2 nitrogen and oxygen atoms in total. The molecule has 0 aliphatic rings. The predicted molar refractivity (Wildman–Crippen MR) is 65.0 cm³/mol. The fraction of sp³-hybridized carbons (Fsp3) is 0.846. The maximum atomic E-state index is 5.68. The second kappa shape index (κ2) is 10.0. The quantitative estimate of drug-likeness (QED) is 0.428. The van der Waals surface area contributed by atoms with E-state index in [9.17, 15) is 0 Å². The average Bonchev–Trinajstić information content (AvgIpc) is 2.21. The van der Waals surface area contributed by atoms with Crippen LogP contribution in [0.5, 0.6) is 0 Å². The van der Waals surface area contributed by atoms with Crippen LogP contribution >= 0.6 is 0 Å². The smallest absolute Gasteiger partial charge is 0.120 e. The Morgan fingerprint density at radius 1 is 0.933 bits per heavy atom. The first kappa shape index (κ1) is 14.5. The summed E-state index contributed by atoms with van der Waals surface area (Å²) in [7, 11) is 0. The van der Waals surface area contributed by atoms with Crippen LogP contribution in [-0.4, -0.2) is 19.8 Å². The first-order valence-corrected chi connectivity index (χ1v) is 6.09. The van der Waals surface area contributed by atoms with E-state index in [2.05, 4.69) is 27.7 Å². The molecule has 0 atom stereocenters. The van der Waals surface area contributed by atoms with Crippen molar-refractivity contribution in [1.82, 2.24) is 0 Å². The maximum Gasteiger partial charge on any atom is 0.120 e. The molecule has 0 spiro atoms. The SMILES string of the molecule is CCCCOCC(OCCCC)=C(C)C. The topological polar surface area (TPSA) is 18.5 Å². The minimum absolute atomic E-state index is 0.631. The average molecular weight is 214 g/mol. The van der Waals surface area contributed by atoms with E-state index in [1.807, 2.05) is 0 Å². The Morgan fingerprint density at radius 3 is 2.07 bits per heavy atom. The van der Waals surface area contributed by atoms with E-state index < -0.39 is 0 Å². The van der Waals surface area contributed by atoms with Crippen molar-refractivity contribution < 1.29 is 9.47 Å². The summed E-state index contributed by atoms with van der Waals surface area (Å²) in [5.74, 6) is 1.01. The molecule has 0 bridgehead atoms. The highest BCUT2D eigenvalue weighted by Gasteiger charge is 2.01. The van der Waals surface area contributed by atoms with E-state index in [-0.39, 0.29) is 0 Å². The fourth-order valence-electron chi connectivity index (χ4n) is 1.08. The predicted octanol–water partition coefficient (Wildman–Crippen LogP) is 3.91. The van der Waals surface area contributed by atoms with Gasteiger partial charge in [-0.15, -0.1) is 0 Å². The van der Waals surface area contributed by atoms with Crippen LogP contribution in [0.3, 0.4) is 0 Å². The summed E-state index contributed by atoms with van der Waals surface area (Å²) in [5.41, 5.74) is 1.22. The molecule has 0 aliphatic carbocycles. The molecule has 2 heteroatoms. The Morgan fingerprint density at radius 2 is 1.53 bits per heavy atom. The summed E-state index contributed by atoms with van der Waals surface area (Å²) in [6.45, 7) is 10.8. The van der Waals surface area contributed by atoms with Crippen LogP contribution in [0.4, 0.5) is 0 Å². The Kier molecular flexibility index (Phi) is 9.70. The van der Waals surface area contributed by atoms with Gasteiger partial charge in [0.05, 0.1) is 6.61 Å². The normalized spacial score (nSPS) is 10.1. The standard InChI is InChI=1S/C13H26O2/c1-5-7-9-14-11-13(12(3)4)15-10-8-6-2/h5-11H2,1-4H3. The zero-order valence-electron chi connectivity index (χ0n) is 10.8.